The average Bonchev–Trinajstić information content (AvgIpc) is 2.39. The molecular weight excluding hydrogens is 315 g/mol. The maximum atomic E-state index is 13.3. The number of anilines is 2. The van der Waals surface area contributed by atoms with Crippen LogP contribution in [0.5, 0.6) is 0 Å². The predicted molar refractivity (Wildman–Crippen MR) is 82.5 cm³/mol. The summed E-state index contributed by atoms with van der Waals surface area (Å²) in [5.41, 5.74) is 6.47. The summed E-state index contributed by atoms with van der Waals surface area (Å²) in [5, 5.41) is 0.450. The normalized spacial score (nSPS) is 11.4. The van der Waals surface area contributed by atoms with E-state index in [1.54, 1.807) is 25.1 Å². The summed E-state index contributed by atoms with van der Waals surface area (Å²) in [4.78, 5) is -0.0687. The van der Waals surface area contributed by atoms with Crippen molar-refractivity contribution in [3.8, 4) is 0 Å². The Hall–Kier alpha value is -1.79. The van der Waals surface area contributed by atoms with E-state index in [-0.39, 0.29) is 16.1 Å². The monoisotopic (exact) mass is 328 g/mol. The minimum atomic E-state index is -3.88. The number of benzene rings is 2. The SMILES string of the molecule is Cc1cc(F)c(N)cc1S(=O)(=O)Nc1cccc(Cl)c1C. The lowest BCUT2D eigenvalue weighted by Crippen LogP contribution is -2.15. The van der Waals surface area contributed by atoms with Crippen LogP contribution < -0.4 is 10.5 Å². The van der Waals surface area contributed by atoms with Gasteiger partial charge in [-0.2, -0.15) is 0 Å². The first-order valence-electron chi connectivity index (χ1n) is 6.06. The molecule has 112 valence electrons. The van der Waals surface area contributed by atoms with E-state index in [2.05, 4.69) is 4.72 Å². The lowest BCUT2D eigenvalue weighted by atomic mass is 10.2. The lowest BCUT2D eigenvalue weighted by molar-refractivity contribution is 0.599. The van der Waals surface area contributed by atoms with E-state index in [0.717, 1.165) is 12.1 Å². The first-order valence-corrected chi connectivity index (χ1v) is 7.92. The minimum absolute atomic E-state index is 0.0687. The zero-order chi connectivity index (χ0) is 15.8. The zero-order valence-corrected chi connectivity index (χ0v) is 13.0. The van der Waals surface area contributed by atoms with Crippen molar-refractivity contribution in [2.24, 2.45) is 0 Å². The Bertz CT molecular complexity index is 807. The molecular formula is C14H14ClFN2O2S. The second-order valence-corrected chi connectivity index (χ2v) is 6.72. The smallest absolute Gasteiger partial charge is 0.262 e. The van der Waals surface area contributed by atoms with Gasteiger partial charge in [-0.1, -0.05) is 17.7 Å². The predicted octanol–water partition coefficient (Wildman–Crippen LogP) is 3.48. The van der Waals surface area contributed by atoms with E-state index in [1.807, 2.05) is 0 Å². The van der Waals surface area contributed by atoms with Crippen LogP contribution in [0.2, 0.25) is 5.02 Å². The van der Waals surface area contributed by atoms with Crippen molar-refractivity contribution in [1.29, 1.82) is 0 Å². The van der Waals surface area contributed by atoms with Crippen LogP contribution in [0.4, 0.5) is 15.8 Å². The second kappa shape index (κ2) is 5.54. The van der Waals surface area contributed by atoms with Crippen molar-refractivity contribution in [1.82, 2.24) is 0 Å². The number of nitrogens with two attached hydrogens (primary N) is 1. The Morgan fingerprint density at radius 2 is 1.90 bits per heavy atom. The number of hydrogen-bond donors (Lipinski definition) is 2. The molecule has 2 rings (SSSR count). The van der Waals surface area contributed by atoms with Crippen LogP contribution in [0.15, 0.2) is 35.2 Å². The van der Waals surface area contributed by atoms with Gasteiger partial charge < -0.3 is 5.73 Å². The molecule has 0 heterocycles. The summed E-state index contributed by atoms with van der Waals surface area (Å²) in [6.07, 6.45) is 0. The Balaban J connectivity index is 2.48. The number of nitrogens with one attached hydrogen (secondary N) is 1. The van der Waals surface area contributed by atoms with Gasteiger partial charge >= 0.3 is 0 Å². The molecule has 0 spiro atoms. The third-order valence-corrected chi connectivity index (χ3v) is 5.01. The van der Waals surface area contributed by atoms with Crippen LogP contribution in [0, 0.1) is 19.7 Å². The Morgan fingerprint density at radius 1 is 1.24 bits per heavy atom. The molecule has 0 unspecified atom stereocenters. The number of aryl methyl sites for hydroxylation is 1. The van der Waals surface area contributed by atoms with E-state index in [4.69, 9.17) is 17.3 Å². The number of hydrogen-bond acceptors (Lipinski definition) is 3. The summed E-state index contributed by atoms with van der Waals surface area (Å²) in [7, 11) is -3.88. The van der Waals surface area contributed by atoms with E-state index in [0.29, 0.717) is 16.3 Å². The van der Waals surface area contributed by atoms with Crippen LogP contribution in [0.25, 0.3) is 0 Å². The highest BCUT2D eigenvalue weighted by molar-refractivity contribution is 7.92. The summed E-state index contributed by atoms with van der Waals surface area (Å²) in [5.74, 6) is -0.648. The van der Waals surface area contributed by atoms with Crippen LogP contribution in [-0.4, -0.2) is 8.42 Å². The number of nitrogen functional groups attached to an aromatic ring is 1. The molecule has 7 heteroatoms. The van der Waals surface area contributed by atoms with Gasteiger partial charge in [-0.25, -0.2) is 12.8 Å². The topological polar surface area (TPSA) is 72.2 Å². The highest BCUT2D eigenvalue weighted by atomic mass is 35.5. The minimum Gasteiger partial charge on any atom is -0.396 e. The van der Waals surface area contributed by atoms with Gasteiger partial charge in [-0.3, -0.25) is 4.72 Å². The van der Waals surface area contributed by atoms with Crippen molar-refractivity contribution in [3.63, 3.8) is 0 Å². The molecule has 3 N–H and O–H groups in total. The molecule has 0 aliphatic rings. The van der Waals surface area contributed by atoms with Gasteiger partial charge in [-0.05, 0) is 49.2 Å². The molecule has 0 saturated carbocycles. The number of halogens is 2. The third-order valence-electron chi connectivity index (χ3n) is 3.10. The summed E-state index contributed by atoms with van der Waals surface area (Å²) >= 11 is 5.96. The summed E-state index contributed by atoms with van der Waals surface area (Å²) < 4.78 is 40.6. The van der Waals surface area contributed by atoms with Crippen molar-refractivity contribution in [2.45, 2.75) is 18.7 Å². The molecule has 2 aromatic carbocycles. The molecule has 0 fully saturated rings. The quantitative estimate of drug-likeness (QED) is 0.847. The molecule has 21 heavy (non-hydrogen) atoms. The molecule has 0 amide bonds. The molecule has 2 aromatic rings. The highest BCUT2D eigenvalue weighted by Crippen LogP contribution is 2.27. The van der Waals surface area contributed by atoms with E-state index in [1.165, 1.54) is 6.92 Å². The third kappa shape index (κ3) is 3.11. The second-order valence-electron chi connectivity index (χ2n) is 4.66. The molecule has 0 aliphatic carbocycles. The fourth-order valence-electron chi connectivity index (χ4n) is 1.88. The molecule has 0 saturated heterocycles. The fourth-order valence-corrected chi connectivity index (χ4v) is 3.44. The number of rotatable bonds is 3. The van der Waals surface area contributed by atoms with Gasteiger partial charge in [0.2, 0.25) is 0 Å². The molecule has 0 atom stereocenters. The van der Waals surface area contributed by atoms with E-state index < -0.39 is 15.8 Å². The molecule has 0 bridgehead atoms. The van der Waals surface area contributed by atoms with Crippen LogP contribution in [0.1, 0.15) is 11.1 Å². The van der Waals surface area contributed by atoms with Crippen LogP contribution in [-0.2, 0) is 10.0 Å². The van der Waals surface area contributed by atoms with Gasteiger partial charge in [0.05, 0.1) is 16.3 Å². The standard InChI is InChI=1S/C14H14ClFN2O2S/c1-8-6-11(16)12(17)7-14(8)21(19,20)18-13-5-3-4-10(15)9(13)2/h3-7,18H,17H2,1-2H3. The largest absolute Gasteiger partial charge is 0.396 e. The zero-order valence-electron chi connectivity index (χ0n) is 11.4. The Morgan fingerprint density at radius 3 is 2.57 bits per heavy atom. The maximum absolute atomic E-state index is 13.3. The molecule has 0 radical (unpaired) electrons. The van der Waals surface area contributed by atoms with Gasteiger partial charge in [0.1, 0.15) is 5.82 Å². The summed E-state index contributed by atoms with van der Waals surface area (Å²) in [6.45, 7) is 3.20. The Kier molecular flexibility index (Phi) is 4.11. The van der Waals surface area contributed by atoms with Crippen molar-refractivity contribution >= 4 is 33.0 Å². The average molecular weight is 329 g/mol. The number of sulfonamides is 1. The first kappa shape index (κ1) is 15.6. The fraction of sp³-hybridized carbons (Fsp3) is 0.143. The van der Waals surface area contributed by atoms with Gasteiger partial charge in [0.25, 0.3) is 10.0 Å². The van der Waals surface area contributed by atoms with Crippen molar-refractivity contribution in [3.05, 3.63) is 52.3 Å². The maximum Gasteiger partial charge on any atom is 0.262 e. The molecule has 0 aliphatic heterocycles. The Labute approximate surface area is 127 Å². The lowest BCUT2D eigenvalue weighted by Gasteiger charge is -2.13. The van der Waals surface area contributed by atoms with E-state index >= 15 is 0 Å². The van der Waals surface area contributed by atoms with Crippen LogP contribution >= 0.6 is 11.6 Å². The van der Waals surface area contributed by atoms with Crippen molar-refractivity contribution < 1.29 is 12.8 Å². The van der Waals surface area contributed by atoms with Crippen molar-refractivity contribution in [2.75, 3.05) is 10.5 Å². The molecule has 4 nitrogen and oxygen atoms in total. The first-order chi connectivity index (χ1) is 9.72. The summed E-state index contributed by atoms with van der Waals surface area (Å²) in [6, 6.07) is 7.09. The van der Waals surface area contributed by atoms with Gasteiger partial charge in [0, 0.05) is 5.02 Å². The van der Waals surface area contributed by atoms with E-state index in [9.17, 15) is 12.8 Å². The molecule has 0 aromatic heterocycles. The highest BCUT2D eigenvalue weighted by Gasteiger charge is 2.20. The van der Waals surface area contributed by atoms with Crippen LogP contribution in [0.3, 0.4) is 0 Å². The van der Waals surface area contributed by atoms with Gasteiger partial charge in [-0.15, -0.1) is 0 Å². The van der Waals surface area contributed by atoms with Gasteiger partial charge in [0.15, 0.2) is 0 Å².